The van der Waals surface area contributed by atoms with Crippen LogP contribution in [0.2, 0.25) is 0 Å². The Hall–Kier alpha value is -1.36. The average molecular weight is 279 g/mol. The molecule has 1 fully saturated rings. The number of aliphatic hydroxyl groups is 1. The molecule has 1 saturated carbocycles. The van der Waals surface area contributed by atoms with Gasteiger partial charge in [-0.25, -0.2) is 0 Å². The monoisotopic (exact) mass is 279 g/mol. The van der Waals surface area contributed by atoms with Crippen LogP contribution >= 0.6 is 0 Å². The quantitative estimate of drug-likeness (QED) is 0.916. The van der Waals surface area contributed by atoms with Crippen molar-refractivity contribution in [2.75, 3.05) is 13.7 Å². The predicted molar refractivity (Wildman–Crippen MR) is 77.8 cm³/mol. The maximum atomic E-state index is 12.4. The summed E-state index contributed by atoms with van der Waals surface area (Å²) in [6.45, 7) is 8.07. The van der Waals surface area contributed by atoms with Crippen LogP contribution in [0.4, 0.5) is 0 Å². The van der Waals surface area contributed by atoms with Crippen molar-refractivity contribution in [3.8, 4) is 0 Å². The Morgan fingerprint density at radius 1 is 1.55 bits per heavy atom. The molecule has 0 radical (unpaired) electrons. The molecular formula is C15H25N3O2. The van der Waals surface area contributed by atoms with Gasteiger partial charge in [0.2, 0.25) is 0 Å². The Balaban J connectivity index is 2.31. The molecule has 1 unspecified atom stereocenters. The maximum Gasteiger partial charge on any atom is 0.274 e. The van der Waals surface area contributed by atoms with Gasteiger partial charge in [0.25, 0.3) is 5.91 Å². The second-order valence-electron chi connectivity index (χ2n) is 6.76. The zero-order chi connectivity index (χ0) is 15.1. The van der Waals surface area contributed by atoms with Crippen LogP contribution in [-0.4, -0.2) is 45.4 Å². The lowest BCUT2D eigenvalue weighted by Gasteiger charge is -2.23. The summed E-state index contributed by atoms with van der Waals surface area (Å²) in [5.74, 6) is 0.417. The van der Waals surface area contributed by atoms with Crippen molar-refractivity contribution in [1.29, 1.82) is 0 Å². The van der Waals surface area contributed by atoms with Crippen LogP contribution in [0, 0.1) is 0 Å². The minimum absolute atomic E-state index is 0.0439. The van der Waals surface area contributed by atoms with Gasteiger partial charge in [0.05, 0.1) is 18.2 Å². The first-order valence-corrected chi connectivity index (χ1v) is 7.24. The molecule has 20 heavy (non-hydrogen) atoms. The van der Waals surface area contributed by atoms with Gasteiger partial charge in [-0.05, 0) is 46.6 Å². The first-order valence-electron chi connectivity index (χ1n) is 7.24. The van der Waals surface area contributed by atoms with Crippen LogP contribution in [0.1, 0.15) is 62.6 Å². The van der Waals surface area contributed by atoms with E-state index in [2.05, 4.69) is 25.9 Å². The topological polar surface area (TPSA) is 58.4 Å². The predicted octanol–water partition coefficient (Wildman–Crippen LogP) is 1.97. The van der Waals surface area contributed by atoms with E-state index >= 15 is 0 Å². The Labute approximate surface area is 120 Å². The summed E-state index contributed by atoms with van der Waals surface area (Å²) < 4.78 is 1.98. The van der Waals surface area contributed by atoms with Gasteiger partial charge in [0, 0.05) is 18.7 Å². The summed E-state index contributed by atoms with van der Waals surface area (Å²) in [5, 5.41) is 13.7. The molecule has 0 spiro atoms. The molecule has 1 heterocycles. The van der Waals surface area contributed by atoms with E-state index in [1.54, 1.807) is 11.9 Å². The fraction of sp³-hybridized carbons (Fsp3) is 0.733. The summed E-state index contributed by atoms with van der Waals surface area (Å²) in [6, 6.07) is 1.72. The van der Waals surface area contributed by atoms with Gasteiger partial charge < -0.3 is 10.0 Å². The number of likely N-dealkylation sites (N-methyl/N-ethyl adjacent to an activating group) is 1. The molecule has 1 atom stereocenters. The van der Waals surface area contributed by atoms with Crippen molar-refractivity contribution in [2.45, 2.75) is 58.0 Å². The minimum Gasteiger partial charge on any atom is -0.394 e. The van der Waals surface area contributed by atoms with E-state index in [9.17, 15) is 4.79 Å². The summed E-state index contributed by atoms with van der Waals surface area (Å²) in [6.07, 6.45) is 2.36. The SMILES string of the molecule is CC(CO)N(C)C(=O)c1cc(C2CC2)n(C(C)(C)C)n1. The second-order valence-corrected chi connectivity index (χ2v) is 6.76. The van der Waals surface area contributed by atoms with E-state index in [-0.39, 0.29) is 24.1 Å². The Kier molecular flexibility index (Phi) is 3.91. The summed E-state index contributed by atoms with van der Waals surface area (Å²) in [4.78, 5) is 14.0. The third kappa shape index (κ3) is 2.87. The largest absolute Gasteiger partial charge is 0.394 e. The number of hydrogen-bond donors (Lipinski definition) is 1. The number of amides is 1. The van der Waals surface area contributed by atoms with Gasteiger partial charge in [-0.2, -0.15) is 5.10 Å². The van der Waals surface area contributed by atoms with Crippen LogP contribution in [0.3, 0.4) is 0 Å². The molecule has 1 aliphatic carbocycles. The normalized spacial score (nSPS) is 17.1. The number of aromatic nitrogens is 2. The number of aliphatic hydroxyl groups excluding tert-OH is 1. The number of nitrogens with zero attached hydrogens (tertiary/aromatic N) is 3. The highest BCUT2D eigenvalue weighted by Crippen LogP contribution is 2.41. The fourth-order valence-corrected chi connectivity index (χ4v) is 2.21. The van der Waals surface area contributed by atoms with Gasteiger partial charge in [-0.3, -0.25) is 9.48 Å². The summed E-state index contributed by atoms with van der Waals surface area (Å²) in [5.41, 5.74) is 1.51. The lowest BCUT2D eigenvalue weighted by molar-refractivity contribution is 0.0674. The van der Waals surface area contributed by atoms with Crippen molar-refractivity contribution in [2.24, 2.45) is 0 Å². The van der Waals surface area contributed by atoms with E-state index in [4.69, 9.17) is 5.11 Å². The number of carbonyl (C=O) groups excluding carboxylic acids is 1. The molecule has 0 aliphatic heterocycles. The van der Waals surface area contributed by atoms with Crippen molar-refractivity contribution in [3.63, 3.8) is 0 Å². The fourth-order valence-electron chi connectivity index (χ4n) is 2.21. The van der Waals surface area contributed by atoms with Crippen LogP contribution in [-0.2, 0) is 5.54 Å². The van der Waals surface area contributed by atoms with Crippen molar-refractivity contribution in [1.82, 2.24) is 14.7 Å². The van der Waals surface area contributed by atoms with Gasteiger partial charge in [0.15, 0.2) is 5.69 Å². The van der Waals surface area contributed by atoms with Gasteiger partial charge in [0.1, 0.15) is 0 Å². The van der Waals surface area contributed by atoms with Crippen molar-refractivity contribution >= 4 is 5.91 Å². The Morgan fingerprint density at radius 3 is 2.60 bits per heavy atom. The molecule has 1 aromatic heterocycles. The molecular weight excluding hydrogens is 254 g/mol. The molecule has 1 amide bonds. The Morgan fingerprint density at radius 2 is 2.15 bits per heavy atom. The molecule has 0 bridgehead atoms. The smallest absolute Gasteiger partial charge is 0.274 e. The highest BCUT2D eigenvalue weighted by Gasteiger charge is 2.33. The molecule has 0 saturated heterocycles. The van der Waals surface area contributed by atoms with Crippen molar-refractivity contribution < 1.29 is 9.90 Å². The van der Waals surface area contributed by atoms with E-state index in [0.29, 0.717) is 11.6 Å². The number of rotatable bonds is 4. The highest BCUT2D eigenvalue weighted by molar-refractivity contribution is 5.92. The third-order valence-electron chi connectivity index (χ3n) is 3.83. The van der Waals surface area contributed by atoms with Crippen molar-refractivity contribution in [3.05, 3.63) is 17.5 Å². The van der Waals surface area contributed by atoms with E-state index in [1.807, 2.05) is 17.7 Å². The highest BCUT2D eigenvalue weighted by atomic mass is 16.3. The Bertz CT molecular complexity index is 498. The van der Waals surface area contributed by atoms with Crippen LogP contribution in [0.25, 0.3) is 0 Å². The minimum atomic E-state index is -0.202. The number of hydrogen-bond acceptors (Lipinski definition) is 3. The summed E-state index contributed by atoms with van der Waals surface area (Å²) in [7, 11) is 1.70. The number of carbonyl (C=O) groups is 1. The van der Waals surface area contributed by atoms with E-state index in [1.165, 1.54) is 12.8 Å². The van der Waals surface area contributed by atoms with E-state index in [0.717, 1.165) is 5.69 Å². The molecule has 1 N–H and O–H groups in total. The third-order valence-corrected chi connectivity index (χ3v) is 3.83. The zero-order valence-electron chi connectivity index (χ0n) is 13.1. The standard InChI is InChI=1S/C15H25N3O2/c1-10(9-19)17(5)14(20)12-8-13(11-6-7-11)18(16-12)15(2,3)4/h8,10-11,19H,6-7,9H2,1-5H3. The van der Waals surface area contributed by atoms with Crippen LogP contribution < -0.4 is 0 Å². The summed E-state index contributed by atoms with van der Waals surface area (Å²) >= 11 is 0. The molecule has 5 heteroatoms. The lowest BCUT2D eigenvalue weighted by Crippen LogP contribution is -2.37. The van der Waals surface area contributed by atoms with Crippen LogP contribution in [0.5, 0.6) is 0 Å². The molecule has 5 nitrogen and oxygen atoms in total. The molecule has 1 aromatic rings. The average Bonchev–Trinajstić information content (AvgIpc) is 3.13. The van der Waals surface area contributed by atoms with Gasteiger partial charge >= 0.3 is 0 Å². The molecule has 0 aromatic carbocycles. The van der Waals surface area contributed by atoms with Crippen LogP contribution in [0.15, 0.2) is 6.07 Å². The first kappa shape index (κ1) is 15.0. The van der Waals surface area contributed by atoms with Gasteiger partial charge in [-0.1, -0.05) is 0 Å². The first-order chi connectivity index (χ1) is 9.25. The van der Waals surface area contributed by atoms with E-state index < -0.39 is 0 Å². The second kappa shape index (κ2) is 5.20. The molecule has 2 rings (SSSR count). The molecule has 112 valence electrons. The molecule has 1 aliphatic rings. The van der Waals surface area contributed by atoms with Gasteiger partial charge in [-0.15, -0.1) is 0 Å². The maximum absolute atomic E-state index is 12.4. The lowest BCUT2D eigenvalue weighted by atomic mass is 10.1. The zero-order valence-corrected chi connectivity index (χ0v) is 13.1.